The molecule has 0 N–H and O–H groups in total. The fourth-order valence-electron chi connectivity index (χ4n) is 2.74. The zero-order valence-electron chi connectivity index (χ0n) is 11.0. The molecule has 0 aliphatic heterocycles. The van der Waals surface area contributed by atoms with E-state index in [9.17, 15) is 4.79 Å². The average molecular weight is 303 g/mol. The van der Waals surface area contributed by atoms with Crippen molar-refractivity contribution in [1.29, 1.82) is 0 Å². The minimum absolute atomic E-state index is 0.0390. The lowest BCUT2D eigenvalue weighted by Crippen LogP contribution is -2.12. The van der Waals surface area contributed by atoms with Gasteiger partial charge >= 0.3 is 0 Å². The number of aryl methyl sites for hydroxylation is 1. The van der Waals surface area contributed by atoms with Crippen molar-refractivity contribution >= 4 is 48.8 Å². The summed E-state index contributed by atoms with van der Waals surface area (Å²) in [6.07, 6.45) is 2.08. The smallest absolute Gasteiger partial charge is 0.136 e. The highest BCUT2D eigenvalue weighted by atomic mass is 32.1. The van der Waals surface area contributed by atoms with E-state index in [0.717, 1.165) is 32.8 Å². The summed E-state index contributed by atoms with van der Waals surface area (Å²) in [6, 6.07) is 4.16. The van der Waals surface area contributed by atoms with Gasteiger partial charge in [-0.05, 0) is 24.8 Å². The largest absolute Gasteiger partial charge is 0.489 e. The minimum atomic E-state index is 0.0390. The van der Waals surface area contributed by atoms with Crippen LogP contribution in [0.25, 0.3) is 20.3 Å². The summed E-state index contributed by atoms with van der Waals surface area (Å²) in [6.45, 7) is 2.03. The van der Waals surface area contributed by atoms with Gasteiger partial charge in [-0.3, -0.25) is 4.79 Å². The molecule has 20 heavy (non-hydrogen) atoms. The van der Waals surface area contributed by atoms with Crippen molar-refractivity contribution in [2.75, 3.05) is 0 Å². The Morgan fingerprint density at radius 2 is 2.35 bits per heavy atom. The molecule has 1 atom stereocenters. The Kier molecular flexibility index (Phi) is 2.79. The Bertz CT molecular complexity index is 818. The van der Waals surface area contributed by atoms with E-state index in [0.29, 0.717) is 18.6 Å². The molecule has 1 unspecified atom stereocenters. The first-order chi connectivity index (χ1) is 9.70. The zero-order valence-corrected chi connectivity index (χ0v) is 12.6. The summed E-state index contributed by atoms with van der Waals surface area (Å²) in [5.74, 6) is 1.21. The van der Waals surface area contributed by atoms with Crippen LogP contribution in [0.15, 0.2) is 17.5 Å². The van der Waals surface area contributed by atoms with Crippen LogP contribution in [0.3, 0.4) is 0 Å². The summed E-state index contributed by atoms with van der Waals surface area (Å²) in [5.41, 5.74) is 1.08. The fraction of sp³-hybridized carbons (Fsp3) is 0.333. The van der Waals surface area contributed by atoms with E-state index < -0.39 is 0 Å². The summed E-state index contributed by atoms with van der Waals surface area (Å²) in [5, 5.41) is 4.26. The van der Waals surface area contributed by atoms with Crippen LogP contribution in [-0.2, 0) is 4.79 Å². The molecule has 0 saturated heterocycles. The van der Waals surface area contributed by atoms with Gasteiger partial charge in [0.1, 0.15) is 17.6 Å². The molecule has 4 rings (SSSR count). The number of carbonyl (C=O) groups excluding carboxylic acids is 1. The number of nitrogens with zero attached hydrogens (tertiary/aromatic N) is 1. The van der Waals surface area contributed by atoms with E-state index in [2.05, 4.69) is 22.5 Å². The number of ketones is 1. The molecular weight excluding hydrogens is 290 g/mol. The molecule has 0 amide bonds. The molecule has 2 heterocycles. The SMILES string of the molecule is Cc1nc2c(cc(OC3CCC(=O)C3)c3ccsc32)s1. The maximum absolute atomic E-state index is 11.4. The highest BCUT2D eigenvalue weighted by Crippen LogP contribution is 2.39. The van der Waals surface area contributed by atoms with Crippen LogP contribution >= 0.6 is 22.7 Å². The summed E-state index contributed by atoms with van der Waals surface area (Å²) in [4.78, 5) is 16.0. The molecular formula is C15H13NO2S2. The Morgan fingerprint density at radius 3 is 3.15 bits per heavy atom. The number of hydrogen-bond donors (Lipinski definition) is 0. The summed E-state index contributed by atoms with van der Waals surface area (Å²) >= 11 is 3.39. The van der Waals surface area contributed by atoms with E-state index in [1.165, 1.54) is 4.70 Å². The number of benzene rings is 1. The summed E-state index contributed by atoms with van der Waals surface area (Å²) < 4.78 is 8.45. The van der Waals surface area contributed by atoms with Crippen molar-refractivity contribution < 1.29 is 9.53 Å². The average Bonchev–Trinajstić information content (AvgIpc) is 3.08. The van der Waals surface area contributed by atoms with Gasteiger partial charge < -0.3 is 4.74 Å². The second-order valence-corrected chi connectivity index (χ2v) is 7.29. The number of thiazole rings is 1. The van der Waals surface area contributed by atoms with Crippen LogP contribution in [0.5, 0.6) is 5.75 Å². The zero-order chi connectivity index (χ0) is 13.7. The van der Waals surface area contributed by atoms with Crippen LogP contribution in [0.1, 0.15) is 24.3 Å². The molecule has 2 aromatic heterocycles. The van der Waals surface area contributed by atoms with Crippen LogP contribution in [-0.4, -0.2) is 16.9 Å². The fourth-order valence-corrected chi connectivity index (χ4v) is 4.58. The lowest BCUT2D eigenvalue weighted by Gasteiger charge is -2.13. The lowest BCUT2D eigenvalue weighted by molar-refractivity contribution is -0.117. The van der Waals surface area contributed by atoms with Crippen molar-refractivity contribution in [2.45, 2.75) is 32.3 Å². The van der Waals surface area contributed by atoms with Crippen LogP contribution in [0, 0.1) is 6.92 Å². The first-order valence-electron chi connectivity index (χ1n) is 6.66. The molecule has 3 aromatic rings. The lowest BCUT2D eigenvalue weighted by atomic mass is 10.2. The number of fused-ring (bicyclic) bond motifs is 3. The number of carbonyl (C=O) groups is 1. The third-order valence-corrected chi connectivity index (χ3v) is 5.50. The number of aromatic nitrogens is 1. The maximum atomic E-state index is 11.4. The quantitative estimate of drug-likeness (QED) is 0.707. The Morgan fingerprint density at radius 1 is 1.45 bits per heavy atom. The predicted octanol–water partition coefficient (Wildman–Crippen LogP) is 4.32. The van der Waals surface area contributed by atoms with Crippen LogP contribution in [0.4, 0.5) is 0 Å². The van der Waals surface area contributed by atoms with Gasteiger partial charge in [0.05, 0.1) is 19.9 Å². The first-order valence-corrected chi connectivity index (χ1v) is 8.36. The van der Waals surface area contributed by atoms with E-state index >= 15 is 0 Å². The minimum Gasteiger partial charge on any atom is -0.489 e. The molecule has 1 saturated carbocycles. The molecule has 0 bridgehead atoms. The molecule has 102 valence electrons. The molecule has 0 radical (unpaired) electrons. The Labute approximate surface area is 124 Å². The predicted molar refractivity (Wildman–Crippen MR) is 83.0 cm³/mol. The van der Waals surface area contributed by atoms with E-state index in [-0.39, 0.29) is 6.10 Å². The van der Waals surface area contributed by atoms with Crippen LogP contribution in [0.2, 0.25) is 0 Å². The molecule has 1 aliphatic rings. The van der Waals surface area contributed by atoms with Gasteiger partial charge in [0.15, 0.2) is 0 Å². The molecule has 5 heteroatoms. The molecule has 1 aromatic carbocycles. The Balaban J connectivity index is 1.84. The summed E-state index contributed by atoms with van der Waals surface area (Å²) in [7, 11) is 0. The normalized spacial score (nSPS) is 19.2. The van der Waals surface area contributed by atoms with Gasteiger partial charge in [-0.1, -0.05) is 0 Å². The van der Waals surface area contributed by atoms with Crippen molar-refractivity contribution in [3.8, 4) is 5.75 Å². The van der Waals surface area contributed by atoms with Crippen molar-refractivity contribution in [3.63, 3.8) is 0 Å². The van der Waals surface area contributed by atoms with Gasteiger partial charge in [0.25, 0.3) is 0 Å². The number of rotatable bonds is 2. The van der Waals surface area contributed by atoms with Gasteiger partial charge in [-0.25, -0.2) is 4.98 Å². The van der Waals surface area contributed by atoms with Gasteiger partial charge in [-0.2, -0.15) is 0 Å². The standard InChI is InChI=1S/C15H13NO2S2/c1-8-16-14-13(20-8)7-12(11-4-5-19-15(11)14)18-10-3-2-9(17)6-10/h4-5,7,10H,2-3,6H2,1H3. The Hall–Kier alpha value is -1.46. The van der Waals surface area contributed by atoms with Gasteiger partial charge in [0.2, 0.25) is 0 Å². The molecule has 1 fully saturated rings. The van der Waals surface area contributed by atoms with E-state index in [1.807, 2.05) is 6.92 Å². The highest BCUT2D eigenvalue weighted by Gasteiger charge is 2.24. The molecule has 0 spiro atoms. The van der Waals surface area contributed by atoms with Crippen LogP contribution < -0.4 is 4.74 Å². The van der Waals surface area contributed by atoms with E-state index in [4.69, 9.17) is 4.74 Å². The van der Waals surface area contributed by atoms with Crippen molar-refractivity contribution in [3.05, 3.63) is 22.5 Å². The second-order valence-electron chi connectivity index (χ2n) is 5.14. The maximum Gasteiger partial charge on any atom is 0.136 e. The number of Topliss-reactive ketones (excluding diaryl/α,β-unsaturated/α-hetero) is 1. The number of thiophene rings is 1. The monoisotopic (exact) mass is 303 g/mol. The second kappa shape index (κ2) is 4.53. The molecule has 3 nitrogen and oxygen atoms in total. The molecule has 1 aliphatic carbocycles. The highest BCUT2D eigenvalue weighted by molar-refractivity contribution is 7.21. The first kappa shape index (κ1) is 12.3. The van der Waals surface area contributed by atoms with E-state index in [1.54, 1.807) is 22.7 Å². The number of ether oxygens (including phenoxy) is 1. The third kappa shape index (κ3) is 1.93. The van der Waals surface area contributed by atoms with Crippen molar-refractivity contribution in [2.24, 2.45) is 0 Å². The topological polar surface area (TPSA) is 39.2 Å². The third-order valence-electron chi connectivity index (χ3n) is 3.66. The van der Waals surface area contributed by atoms with Gasteiger partial charge in [-0.15, -0.1) is 22.7 Å². The van der Waals surface area contributed by atoms with Crippen molar-refractivity contribution in [1.82, 2.24) is 4.98 Å². The van der Waals surface area contributed by atoms with Gasteiger partial charge in [0, 0.05) is 24.3 Å². The number of hydrogen-bond acceptors (Lipinski definition) is 5.